The van der Waals surface area contributed by atoms with Gasteiger partial charge in [0.05, 0.1) is 12.1 Å². The van der Waals surface area contributed by atoms with Crippen molar-refractivity contribution < 1.29 is 25.2 Å². The van der Waals surface area contributed by atoms with Gasteiger partial charge in [0.1, 0.15) is 18.3 Å². The van der Waals surface area contributed by atoms with Gasteiger partial charge in [0.25, 0.3) is 11.5 Å². The van der Waals surface area contributed by atoms with Crippen LogP contribution in [-0.2, 0) is 4.74 Å². The number of aliphatic hydroxyl groups excluding tert-OH is 3. The van der Waals surface area contributed by atoms with Crippen LogP contribution in [0.15, 0.2) is 39.3 Å². The molecule has 3 aromatic heterocycles. The molecule has 0 radical (unpaired) electrons. The van der Waals surface area contributed by atoms with Crippen LogP contribution in [0.2, 0.25) is 0 Å². The number of aromatic nitrogens is 5. The summed E-state index contributed by atoms with van der Waals surface area (Å²) < 4.78 is 6.71. The normalized spacial score (nSPS) is 23.7. The number of nitrogen functional groups attached to an aromatic ring is 1. The topological polar surface area (TPSA) is 220 Å². The van der Waals surface area contributed by atoms with E-state index >= 15 is 0 Å². The van der Waals surface area contributed by atoms with Crippen molar-refractivity contribution in [3.63, 3.8) is 0 Å². The SMILES string of the molecule is Nc1nc2c(nc(N=Nc3c(O)[nH]c4ccccc34)n2[C@@H]2O[C@H](CO)[C@@H](O)[C@H]2O)c(=O)[nH]1. The van der Waals surface area contributed by atoms with E-state index in [2.05, 4.69) is 30.2 Å². The fourth-order valence-corrected chi connectivity index (χ4v) is 3.70. The summed E-state index contributed by atoms with van der Waals surface area (Å²) in [6.45, 7) is -0.558. The molecule has 0 bridgehead atoms. The summed E-state index contributed by atoms with van der Waals surface area (Å²) in [5, 5.41) is 49.0. The zero-order valence-electron chi connectivity index (χ0n) is 16.2. The number of nitrogens with zero attached hydrogens (tertiary/aromatic N) is 5. The minimum absolute atomic E-state index is 0.0711. The molecule has 1 fully saturated rings. The largest absolute Gasteiger partial charge is 0.493 e. The minimum atomic E-state index is -1.50. The van der Waals surface area contributed by atoms with Gasteiger partial charge in [-0.05, 0) is 6.07 Å². The molecule has 1 saturated heterocycles. The van der Waals surface area contributed by atoms with E-state index in [-0.39, 0.29) is 34.6 Å². The van der Waals surface area contributed by atoms with Crippen molar-refractivity contribution in [2.75, 3.05) is 12.3 Å². The maximum absolute atomic E-state index is 12.3. The Morgan fingerprint density at radius 2 is 1.94 bits per heavy atom. The molecule has 4 atom stereocenters. The van der Waals surface area contributed by atoms with Gasteiger partial charge in [-0.15, -0.1) is 10.2 Å². The van der Waals surface area contributed by atoms with Crippen LogP contribution < -0.4 is 11.3 Å². The smallest absolute Gasteiger partial charge is 0.280 e. The third-order valence-corrected chi connectivity index (χ3v) is 5.22. The quantitative estimate of drug-likeness (QED) is 0.210. The lowest BCUT2D eigenvalue weighted by Crippen LogP contribution is -2.33. The lowest BCUT2D eigenvalue weighted by atomic mass is 10.1. The number of ether oxygens (including phenoxy) is 1. The van der Waals surface area contributed by atoms with Crippen molar-refractivity contribution in [3.8, 4) is 5.88 Å². The molecule has 14 heteroatoms. The van der Waals surface area contributed by atoms with Crippen LogP contribution in [0.5, 0.6) is 5.88 Å². The molecule has 166 valence electrons. The summed E-state index contributed by atoms with van der Waals surface area (Å²) >= 11 is 0. The first-order valence-electron chi connectivity index (χ1n) is 9.50. The fourth-order valence-electron chi connectivity index (χ4n) is 3.70. The van der Waals surface area contributed by atoms with Crippen molar-refractivity contribution in [2.45, 2.75) is 24.5 Å². The molecule has 0 spiro atoms. The van der Waals surface area contributed by atoms with Gasteiger partial charge in [-0.2, -0.15) is 4.98 Å². The number of H-pyrrole nitrogens is 2. The molecule has 32 heavy (non-hydrogen) atoms. The number of hydrogen-bond acceptors (Lipinski definition) is 11. The number of para-hydroxylation sites is 1. The summed E-state index contributed by atoms with van der Waals surface area (Å²) in [4.78, 5) is 25.6. The number of aliphatic hydroxyl groups is 3. The van der Waals surface area contributed by atoms with E-state index in [1.54, 1.807) is 24.3 Å². The van der Waals surface area contributed by atoms with E-state index in [9.17, 15) is 25.2 Å². The van der Waals surface area contributed by atoms with Crippen molar-refractivity contribution in [2.24, 2.45) is 10.2 Å². The minimum Gasteiger partial charge on any atom is -0.493 e. The molecule has 1 aliphatic heterocycles. The number of nitrogens with one attached hydrogen (secondary N) is 2. The molecule has 8 N–H and O–H groups in total. The number of imidazole rings is 1. The van der Waals surface area contributed by atoms with Crippen molar-refractivity contribution in [3.05, 3.63) is 34.6 Å². The number of fused-ring (bicyclic) bond motifs is 2. The van der Waals surface area contributed by atoms with E-state index in [0.717, 1.165) is 4.57 Å². The average molecular weight is 442 g/mol. The lowest BCUT2D eigenvalue weighted by Gasteiger charge is -2.17. The number of anilines is 1. The maximum Gasteiger partial charge on any atom is 0.280 e. The van der Waals surface area contributed by atoms with Crippen LogP contribution in [0.1, 0.15) is 6.23 Å². The molecule has 0 saturated carbocycles. The van der Waals surface area contributed by atoms with Crippen LogP contribution in [0, 0.1) is 0 Å². The Morgan fingerprint density at radius 1 is 1.16 bits per heavy atom. The number of aromatic amines is 2. The van der Waals surface area contributed by atoms with Crippen LogP contribution in [0.4, 0.5) is 17.6 Å². The molecule has 1 aliphatic rings. The van der Waals surface area contributed by atoms with E-state index in [1.165, 1.54) is 0 Å². The van der Waals surface area contributed by atoms with Crippen molar-refractivity contribution in [1.82, 2.24) is 24.5 Å². The Kier molecular flexibility index (Phi) is 4.63. The zero-order chi connectivity index (χ0) is 22.6. The molecule has 4 heterocycles. The Hall–Kier alpha value is -3.85. The highest BCUT2D eigenvalue weighted by atomic mass is 16.6. The van der Waals surface area contributed by atoms with Gasteiger partial charge in [-0.25, -0.2) is 4.98 Å². The maximum atomic E-state index is 12.3. The summed E-state index contributed by atoms with van der Waals surface area (Å²) in [6, 6.07) is 7.01. The molecule has 14 nitrogen and oxygen atoms in total. The predicted molar refractivity (Wildman–Crippen MR) is 110 cm³/mol. The first-order valence-corrected chi connectivity index (χ1v) is 9.50. The van der Waals surface area contributed by atoms with Gasteiger partial charge >= 0.3 is 0 Å². The number of hydrogen-bond donors (Lipinski definition) is 7. The van der Waals surface area contributed by atoms with Crippen molar-refractivity contribution in [1.29, 1.82) is 0 Å². The van der Waals surface area contributed by atoms with Crippen LogP contribution in [0.3, 0.4) is 0 Å². The van der Waals surface area contributed by atoms with Gasteiger partial charge in [0, 0.05) is 5.39 Å². The number of rotatable bonds is 4. The van der Waals surface area contributed by atoms with Gasteiger partial charge in [-0.3, -0.25) is 14.3 Å². The van der Waals surface area contributed by atoms with Crippen LogP contribution >= 0.6 is 0 Å². The highest BCUT2D eigenvalue weighted by Crippen LogP contribution is 2.38. The monoisotopic (exact) mass is 442 g/mol. The standard InChI is InChI=1S/C18H18N8O6/c19-17-22-13-10(15(31)23-17)21-18(26(13)16-12(29)11(28)8(5-27)32-16)25-24-9-6-3-1-2-4-7(6)20-14(9)30/h1-4,8,11-12,16,20,27-30H,5H2,(H3,19,22,23,31)/t8-,11-,12-,16-/m1/s1. The Labute approximate surface area is 177 Å². The first-order chi connectivity index (χ1) is 15.4. The second kappa shape index (κ2) is 7.38. The summed E-state index contributed by atoms with van der Waals surface area (Å²) in [6.07, 6.45) is -5.30. The summed E-state index contributed by atoms with van der Waals surface area (Å²) in [5.74, 6) is -0.651. The number of aromatic hydroxyl groups is 1. The molecule has 0 aliphatic carbocycles. The lowest BCUT2D eigenvalue weighted by molar-refractivity contribution is -0.0503. The molecular formula is C18H18N8O6. The van der Waals surface area contributed by atoms with Gasteiger partial charge in [-0.1, -0.05) is 18.2 Å². The van der Waals surface area contributed by atoms with Crippen LogP contribution in [-0.4, -0.2) is 69.8 Å². The van der Waals surface area contributed by atoms with Crippen molar-refractivity contribution >= 4 is 39.7 Å². The number of nitrogens with two attached hydrogens (primary N) is 1. The summed E-state index contributed by atoms with van der Waals surface area (Å²) in [7, 11) is 0. The molecule has 4 aromatic rings. The first kappa shape index (κ1) is 20.1. The molecule has 0 amide bonds. The van der Waals surface area contributed by atoms with Gasteiger partial charge < -0.3 is 35.9 Å². The second-order valence-electron chi connectivity index (χ2n) is 7.20. The fraction of sp³-hybridized carbons (Fsp3) is 0.278. The Balaban J connectivity index is 1.68. The summed E-state index contributed by atoms with van der Waals surface area (Å²) in [5.41, 5.74) is 5.52. The van der Waals surface area contributed by atoms with Gasteiger partial charge in [0.2, 0.25) is 11.8 Å². The highest BCUT2D eigenvalue weighted by Gasteiger charge is 2.45. The third-order valence-electron chi connectivity index (χ3n) is 5.22. The molecule has 5 rings (SSSR count). The molecule has 1 aromatic carbocycles. The van der Waals surface area contributed by atoms with E-state index in [4.69, 9.17) is 10.5 Å². The third kappa shape index (κ3) is 3.01. The Bertz CT molecular complexity index is 1410. The number of benzene rings is 1. The predicted octanol–water partition coefficient (Wildman–Crippen LogP) is -0.0844. The second-order valence-corrected chi connectivity index (χ2v) is 7.20. The van der Waals surface area contributed by atoms with Gasteiger partial charge in [0.15, 0.2) is 23.1 Å². The van der Waals surface area contributed by atoms with E-state index in [0.29, 0.717) is 10.9 Å². The Morgan fingerprint density at radius 3 is 2.69 bits per heavy atom. The van der Waals surface area contributed by atoms with Crippen LogP contribution in [0.25, 0.3) is 22.1 Å². The molecular weight excluding hydrogens is 424 g/mol. The zero-order valence-corrected chi connectivity index (χ0v) is 16.2. The average Bonchev–Trinajstić information content (AvgIpc) is 3.38. The number of azo groups is 1. The highest BCUT2D eigenvalue weighted by molar-refractivity contribution is 5.94. The van der Waals surface area contributed by atoms with E-state index < -0.39 is 36.7 Å². The molecule has 0 unspecified atom stereocenters. The van der Waals surface area contributed by atoms with E-state index in [1.807, 2.05) is 0 Å².